The molecule has 4 rings (SSSR count). The minimum atomic E-state index is -0.281. The van der Waals surface area contributed by atoms with Crippen LogP contribution in [0.2, 0.25) is 0 Å². The van der Waals surface area contributed by atoms with Crippen molar-refractivity contribution >= 4 is 39.4 Å². The molecule has 26 heavy (non-hydrogen) atoms. The Morgan fingerprint density at radius 1 is 1.15 bits per heavy atom. The molecule has 2 aliphatic heterocycles. The molecular weight excluding hydrogens is 350 g/mol. The van der Waals surface area contributed by atoms with E-state index in [1.54, 1.807) is 28.4 Å². The van der Waals surface area contributed by atoms with Crippen LogP contribution in [0.25, 0.3) is 16.3 Å². The van der Waals surface area contributed by atoms with Crippen LogP contribution in [0, 0.1) is 0 Å². The lowest BCUT2D eigenvalue weighted by molar-refractivity contribution is -0.144. The van der Waals surface area contributed by atoms with Crippen molar-refractivity contribution in [2.45, 2.75) is 18.9 Å². The number of hydrogen-bond donors (Lipinski definition) is 0. The molecule has 1 aromatic carbocycles. The van der Waals surface area contributed by atoms with Crippen LogP contribution in [-0.4, -0.2) is 65.5 Å². The standard InChI is InChI=1S/C19H21N3O3S/c23-18(8-7-17-20-14-4-1-2-6-16(14)26-17)21-9-11-22(12-10-21)19(24)15-5-3-13-25-15/h1-2,4,6-8,15H,3,5,9-13H2/b8-7+/t15-/m1/s1. The van der Waals surface area contributed by atoms with Gasteiger partial charge < -0.3 is 14.5 Å². The van der Waals surface area contributed by atoms with Crippen molar-refractivity contribution in [3.8, 4) is 0 Å². The Labute approximate surface area is 156 Å². The van der Waals surface area contributed by atoms with Crippen LogP contribution in [0.1, 0.15) is 17.8 Å². The second-order valence-corrected chi connectivity index (χ2v) is 7.57. The van der Waals surface area contributed by atoms with Crippen LogP contribution in [0.3, 0.4) is 0 Å². The van der Waals surface area contributed by atoms with Gasteiger partial charge in [-0.05, 0) is 31.1 Å². The molecule has 2 amide bonds. The summed E-state index contributed by atoms with van der Waals surface area (Å²) < 4.78 is 6.58. The molecule has 2 aliphatic rings. The summed E-state index contributed by atoms with van der Waals surface area (Å²) in [4.78, 5) is 32.9. The average molecular weight is 371 g/mol. The Kier molecular flexibility index (Phi) is 4.99. The number of ether oxygens (including phenoxy) is 1. The first-order chi connectivity index (χ1) is 12.7. The molecule has 1 aromatic heterocycles. The molecule has 7 heteroatoms. The lowest BCUT2D eigenvalue weighted by Gasteiger charge is -2.35. The Balaban J connectivity index is 1.32. The third kappa shape index (κ3) is 3.64. The highest BCUT2D eigenvalue weighted by atomic mass is 32.1. The van der Waals surface area contributed by atoms with Gasteiger partial charge in [-0.15, -0.1) is 11.3 Å². The van der Waals surface area contributed by atoms with Crippen LogP contribution in [0.15, 0.2) is 30.3 Å². The summed E-state index contributed by atoms with van der Waals surface area (Å²) in [5.74, 6) is 0.0353. The second kappa shape index (κ2) is 7.55. The van der Waals surface area contributed by atoms with Crippen LogP contribution in [0.5, 0.6) is 0 Å². The van der Waals surface area contributed by atoms with Gasteiger partial charge in [-0.25, -0.2) is 4.98 Å². The van der Waals surface area contributed by atoms with Gasteiger partial charge in [-0.1, -0.05) is 12.1 Å². The van der Waals surface area contributed by atoms with Crippen LogP contribution < -0.4 is 0 Å². The molecule has 1 atom stereocenters. The molecule has 0 aliphatic carbocycles. The van der Waals surface area contributed by atoms with Crippen molar-refractivity contribution in [1.29, 1.82) is 0 Å². The lowest BCUT2D eigenvalue weighted by Crippen LogP contribution is -2.52. The maximum absolute atomic E-state index is 12.4. The summed E-state index contributed by atoms with van der Waals surface area (Å²) in [5, 5.41) is 0.826. The quantitative estimate of drug-likeness (QED) is 0.776. The van der Waals surface area contributed by atoms with Gasteiger partial charge in [0.1, 0.15) is 11.1 Å². The van der Waals surface area contributed by atoms with Crippen molar-refractivity contribution in [2.24, 2.45) is 0 Å². The smallest absolute Gasteiger partial charge is 0.251 e. The maximum atomic E-state index is 12.4. The summed E-state index contributed by atoms with van der Waals surface area (Å²) >= 11 is 1.57. The van der Waals surface area contributed by atoms with E-state index in [-0.39, 0.29) is 17.9 Å². The maximum Gasteiger partial charge on any atom is 0.251 e. The zero-order valence-corrected chi connectivity index (χ0v) is 15.3. The molecule has 0 spiro atoms. The van der Waals surface area contributed by atoms with E-state index in [1.165, 1.54) is 0 Å². The number of benzene rings is 1. The van der Waals surface area contributed by atoms with E-state index < -0.39 is 0 Å². The van der Waals surface area contributed by atoms with E-state index in [2.05, 4.69) is 4.98 Å². The summed E-state index contributed by atoms with van der Waals surface area (Å²) in [6.07, 6.45) is 4.83. The van der Waals surface area contributed by atoms with E-state index in [0.717, 1.165) is 28.1 Å². The topological polar surface area (TPSA) is 62.7 Å². The van der Waals surface area contributed by atoms with Crippen molar-refractivity contribution in [2.75, 3.05) is 32.8 Å². The summed E-state index contributed by atoms with van der Waals surface area (Å²) in [7, 11) is 0. The van der Waals surface area contributed by atoms with E-state index in [9.17, 15) is 9.59 Å². The number of thiazole rings is 1. The average Bonchev–Trinajstić information content (AvgIpc) is 3.35. The number of rotatable bonds is 3. The van der Waals surface area contributed by atoms with Crippen LogP contribution in [-0.2, 0) is 14.3 Å². The van der Waals surface area contributed by atoms with Crippen molar-refractivity contribution in [1.82, 2.24) is 14.8 Å². The minimum absolute atomic E-state index is 0.0338. The molecule has 0 radical (unpaired) electrons. The Bertz CT molecular complexity index is 800. The molecule has 2 fully saturated rings. The van der Waals surface area contributed by atoms with E-state index in [0.29, 0.717) is 32.8 Å². The van der Waals surface area contributed by atoms with Crippen LogP contribution >= 0.6 is 11.3 Å². The molecule has 3 heterocycles. The van der Waals surface area contributed by atoms with Gasteiger partial charge in [0.2, 0.25) is 5.91 Å². The zero-order valence-electron chi connectivity index (χ0n) is 14.5. The molecule has 0 bridgehead atoms. The Morgan fingerprint density at radius 2 is 1.92 bits per heavy atom. The molecule has 2 aromatic rings. The number of hydrogen-bond acceptors (Lipinski definition) is 5. The molecular formula is C19H21N3O3S. The fourth-order valence-corrected chi connectivity index (χ4v) is 4.20. The number of carbonyl (C=O) groups excluding carboxylic acids is 2. The highest BCUT2D eigenvalue weighted by Gasteiger charge is 2.30. The van der Waals surface area contributed by atoms with Crippen LogP contribution in [0.4, 0.5) is 0 Å². The number of amides is 2. The lowest BCUT2D eigenvalue weighted by atomic mass is 10.2. The predicted octanol–water partition coefficient (Wildman–Crippen LogP) is 2.16. The SMILES string of the molecule is O=C(/C=C/c1nc2ccccc2s1)N1CCN(C(=O)[C@H]2CCCO2)CC1. The first-order valence-electron chi connectivity index (χ1n) is 8.94. The van der Waals surface area contributed by atoms with Crippen molar-refractivity contribution in [3.05, 3.63) is 35.3 Å². The fraction of sp³-hybridized carbons (Fsp3) is 0.421. The highest BCUT2D eigenvalue weighted by molar-refractivity contribution is 7.19. The number of piperazine rings is 1. The Hall–Kier alpha value is -2.25. The monoisotopic (exact) mass is 371 g/mol. The molecule has 136 valence electrons. The number of nitrogens with zero attached hydrogens (tertiary/aromatic N) is 3. The summed E-state index contributed by atoms with van der Waals surface area (Å²) in [6.45, 7) is 2.92. The van der Waals surface area contributed by atoms with Gasteiger partial charge in [0.15, 0.2) is 0 Å². The molecule has 0 unspecified atom stereocenters. The van der Waals surface area contributed by atoms with E-state index in [4.69, 9.17) is 4.74 Å². The predicted molar refractivity (Wildman–Crippen MR) is 101 cm³/mol. The molecule has 0 saturated carbocycles. The Morgan fingerprint density at radius 3 is 2.65 bits per heavy atom. The summed E-state index contributed by atoms with van der Waals surface area (Å²) in [6, 6.07) is 7.93. The van der Waals surface area contributed by atoms with Gasteiger partial charge in [0.25, 0.3) is 5.91 Å². The number of para-hydroxylation sites is 1. The molecule has 2 saturated heterocycles. The number of carbonyl (C=O) groups is 2. The normalized spacial score (nSPS) is 21.0. The molecule has 0 N–H and O–H groups in total. The van der Waals surface area contributed by atoms with Gasteiger partial charge in [-0.2, -0.15) is 0 Å². The largest absolute Gasteiger partial charge is 0.368 e. The van der Waals surface area contributed by atoms with Crippen molar-refractivity contribution < 1.29 is 14.3 Å². The second-order valence-electron chi connectivity index (χ2n) is 6.51. The third-order valence-corrected chi connectivity index (χ3v) is 5.79. The number of aromatic nitrogens is 1. The number of fused-ring (bicyclic) bond motifs is 1. The van der Waals surface area contributed by atoms with Crippen molar-refractivity contribution in [3.63, 3.8) is 0 Å². The van der Waals surface area contributed by atoms with E-state index >= 15 is 0 Å². The molecule has 6 nitrogen and oxygen atoms in total. The zero-order chi connectivity index (χ0) is 17.9. The highest BCUT2D eigenvalue weighted by Crippen LogP contribution is 2.22. The fourth-order valence-electron chi connectivity index (χ4n) is 3.33. The van der Waals surface area contributed by atoms with Gasteiger partial charge >= 0.3 is 0 Å². The van der Waals surface area contributed by atoms with Gasteiger partial charge in [0.05, 0.1) is 10.2 Å². The third-order valence-electron chi connectivity index (χ3n) is 4.79. The summed E-state index contributed by atoms with van der Waals surface area (Å²) in [5.41, 5.74) is 0.950. The van der Waals surface area contributed by atoms with Gasteiger partial charge in [0, 0.05) is 38.9 Å². The minimum Gasteiger partial charge on any atom is -0.368 e. The van der Waals surface area contributed by atoms with E-state index in [1.807, 2.05) is 29.2 Å². The first kappa shape index (κ1) is 17.2. The van der Waals surface area contributed by atoms with Gasteiger partial charge in [-0.3, -0.25) is 9.59 Å². The first-order valence-corrected chi connectivity index (χ1v) is 9.75.